The number of nitrogens with zero attached hydrogens (tertiary/aromatic N) is 2. The predicted molar refractivity (Wildman–Crippen MR) is 105 cm³/mol. The smallest absolute Gasteiger partial charge is 0.410 e. The van der Waals surface area contributed by atoms with Crippen molar-refractivity contribution in [3.63, 3.8) is 0 Å². The van der Waals surface area contributed by atoms with Gasteiger partial charge in [-0.05, 0) is 39.0 Å². The summed E-state index contributed by atoms with van der Waals surface area (Å²) in [6, 6.07) is 4.96. The van der Waals surface area contributed by atoms with Crippen LogP contribution < -0.4 is 10.1 Å². The monoisotopic (exact) mass is 406 g/mol. The van der Waals surface area contributed by atoms with E-state index in [1.165, 1.54) is 7.11 Å². The second-order valence-electron chi connectivity index (χ2n) is 7.48. The minimum Gasteiger partial charge on any atom is -0.495 e. The lowest BCUT2D eigenvalue weighted by molar-refractivity contribution is 0.0222. The zero-order chi connectivity index (χ0) is 20.5. The summed E-state index contributed by atoms with van der Waals surface area (Å²) in [5.41, 5.74) is 1.72. The molecule has 0 fully saturated rings. The molecule has 3 rings (SSSR count). The number of rotatable bonds is 3. The molecule has 9 heteroatoms. The molecule has 1 aliphatic rings. The molecule has 1 aliphatic heterocycles. The van der Waals surface area contributed by atoms with Gasteiger partial charge in [0.1, 0.15) is 11.4 Å². The van der Waals surface area contributed by atoms with Crippen LogP contribution >= 0.6 is 11.6 Å². The largest absolute Gasteiger partial charge is 0.495 e. The van der Waals surface area contributed by atoms with E-state index < -0.39 is 11.7 Å². The summed E-state index contributed by atoms with van der Waals surface area (Å²) >= 11 is 6.10. The number of ether oxygens (including phenoxy) is 2. The molecular formula is C19H23ClN4O4. The van der Waals surface area contributed by atoms with Crippen LogP contribution in [0.1, 0.15) is 42.5 Å². The van der Waals surface area contributed by atoms with Crippen LogP contribution in [0.4, 0.5) is 10.5 Å². The number of anilines is 1. The van der Waals surface area contributed by atoms with Crippen LogP contribution in [-0.2, 0) is 17.7 Å². The normalized spacial score (nSPS) is 13.7. The Labute approximate surface area is 168 Å². The molecule has 0 saturated carbocycles. The van der Waals surface area contributed by atoms with Crippen molar-refractivity contribution in [1.82, 2.24) is 15.1 Å². The maximum atomic E-state index is 12.7. The number of fused-ring (bicyclic) bond motifs is 1. The Balaban J connectivity index is 1.75. The second kappa shape index (κ2) is 7.71. The summed E-state index contributed by atoms with van der Waals surface area (Å²) in [5.74, 6) is 0.134. The number of hydrogen-bond acceptors (Lipinski definition) is 5. The summed E-state index contributed by atoms with van der Waals surface area (Å²) in [4.78, 5) is 26.7. The fourth-order valence-corrected chi connectivity index (χ4v) is 3.16. The van der Waals surface area contributed by atoms with E-state index >= 15 is 0 Å². The third kappa shape index (κ3) is 4.39. The van der Waals surface area contributed by atoms with Crippen molar-refractivity contribution in [3.05, 3.63) is 40.2 Å². The highest BCUT2D eigenvalue weighted by Gasteiger charge is 2.30. The van der Waals surface area contributed by atoms with Gasteiger partial charge in [0.05, 0.1) is 18.7 Å². The zero-order valence-corrected chi connectivity index (χ0v) is 17.0. The maximum Gasteiger partial charge on any atom is 0.410 e. The summed E-state index contributed by atoms with van der Waals surface area (Å²) in [5, 5.41) is 10.2. The van der Waals surface area contributed by atoms with E-state index in [0.717, 1.165) is 5.69 Å². The molecule has 0 spiro atoms. The lowest BCUT2D eigenvalue weighted by atomic mass is 10.1. The van der Waals surface area contributed by atoms with Crippen molar-refractivity contribution < 1.29 is 19.1 Å². The van der Waals surface area contributed by atoms with E-state index in [4.69, 9.17) is 21.1 Å². The number of nitrogens with one attached hydrogen (secondary N) is 2. The first-order valence-corrected chi connectivity index (χ1v) is 9.24. The van der Waals surface area contributed by atoms with Gasteiger partial charge in [-0.1, -0.05) is 11.6 Å². The van der Waals surface area contributed by atoms with Gasteiger partial charge < -0.3 is 19.7 Å². The van der Waals surface area contributed by atoms with Gasteiger partial charge in [-0.15, -0.1) is 0 Å². The van der Waals surface area contributed by atoms with Crippen molar-refractivity contribution in [1.29, 1.82) is 0 Å². The molecule has 2 N–H and O–H groups in total. The van der Waals surface area contributed by atoms with E-state index in [9.17, 15) is 9.59 Å². The van der Waals surface area contributed by atoms with E-state index in [1.807, 2.05) is 20.8 Å². The number of hydrogen-bond donors (Lipinski definition) is 2. The highest BCUT2D eigenvalue weighted by Crippen LogP contribution is 2.28. The van der Waals surface area contributed by atoms with Crippen LogP contribution in [0, 0.1) is 0 Å². The molecule has 150 valence electrons. The average molecular weight is 407 g/mol. The highest BCUT2D eigenvalue weighted by atomic mass is 35.5. The lowest BCUT2D eigenvalue weighted by Crippen LogP contribution is -2.40. The third-order valence-electron chi connectivity index (χ3n) is 4.21. The Hall–Kier alpha value is -2.74. The quantitative estimate of drug-likeness (QED) is 0.811. The molecule has 0 unspecified atom stereocenters. The fourth-order valence-electron chi connectivity index (χ4n) is 2.90. The fraction of sp³-hybridized carbons (Fsp3) is 0.421. The molecule has 1 aromatic heterocycles. The van der Waals surface area contributed by atoms with Crippen LogP contribution in [0.15, 0.2) is 18.2 Å². The molecule has 1 aromatic carbocycles. The van der Waals surface area contributed by atoms with E-state index in [-0.39, 0.29) is 18.1 Å². The Morgan fingerprint density at radius 2 is 2.07 bits per heavy atom. The molecule has 8 nitrogen and oxygen atoms in total. The van der Waals surface area contributed by atoms with Crippen LogP contribution in [0.2, 0.25) is 5.02 Å². The van der Waals surface area contributed by atoms with Gasteiger partial charge in [0.25, 0.3) is 5.91 Å². The first kappa shape index (κ1) is 20.0. The number of halogens is 1. The van der Waals surface area contributed by atoms with Crippen LogP contribution in [0.25, 0.3) is 0 Å². The first-order valence-electron chi connectivity index (χ1n) is 8.87. The van der Waals surface area contributed by atoms with Crippen molar-refractivity contribution in [2.75, 3.05) is 19.0 Å². The molecule has 0 saturated heterocycles. The number of aromatic nitrogens is 2. The molecule has 0 bridgehead atoms. The predicted octanol–water partition coefficient (Wildman–Crippen LogP) is 3.62. The van der Waals surface area contributed by atoms with Crippen molar-refractivity contribution in [2.24, 2.45) is 0 Å². The van der Waals surface area contributed by atoms with Crippen LogP contribution in [0.5, 0.6) is 5.75 Å². The Kier molecular flexibility index (Phi) is 5.51. The number of methoxy groups -OCH3 is 1. The Morgan fingerprint density at radius 3 is 2.71 bits per heavy atom. The number of aromatic amines is 1. The van der Waals surface area contributed by atoms with Crippen LogP contribution in [-0.4, -0.2) is 46.4 Å². The topological polar surface area (TPSA) is 96.5 Å². The SMILES string of the molecule is COc1ccc(NC(=O)c2n[nH]c3c2CN(C(=O)OC(C)(C)C)CC3)cc1Cl. The molecule has 2 heterocycles. The summed E-state index contributed by atoms with van der Waals surface area (Å²) in [7, 11) is 1.52. The zero-order valence-electron chi connectivity index (χ0n) is 16.3. The van der Waals surface area contributed by atoms with E-state index in [2.05, 4.69) is 15.5 Å². The summed E-state index contributed by atoms with van der Waals surface area (Å²) < 4.78 is 10.5. The number of H-pyrrole nitrogens is 1. The Morgan fingerprint density at radius 1 is 1.32 bits per heavy atom. The van der Waals surface area contributed by atoms with Crippen molar-refractivity contribution in [2.45, 2.75) is 39.3 Å². The lowest BCUT2D eigenvalue weighted by Gasteiger charge is -2.30. The van der Waals surface area contributed by atoms with Crippen LogP contribution in [0.3, 0.4) is 0 Å². The second-order valence-corrected chi connectivity index (χ2v) is 7.89. The van der Waals surface area contributed by atoms with Gasteiger partial charge in [-0.3, -0.25) is 9.89 Å². The molecule has 28 heavy (non-hydrogen) atoms. The number of benzene rings is 1. The van der Waals surface area contributed by atoms with Gasteiger partial charge in [0.2, 0.25) is 0 Å². The third-order valence-corrected chi connectivity index (χ3v) is 4.51. The van der Waals surface area contributed by atoms with E-state index in [0.29, 0.717) is 35.0 Å². The molecule has 0 radical (unpaired) electrons. The van der Waals surface area contributed by atoms with Crippen molar-refractivity contribution in [3.8, 4) is 5.75 Å². The van der Waals surface area contributed by atoms with Gasteiger partial charge in [-0.25, -0.2) is 4.79 Å². The summed E-state index contributed by atoms with van der Waals surface area (Å²) in [6.07, 6.45) is 0.163. The average Bonchev–Trinajstić information content (AvgIpc) is 3.03. The molecule has 2 amide bonds. The van der Waals surface area contributed by atoms with Gasteiger partial charge in [0, 0.05) is 29.9 Å². The number of carbonyl (C=O) groups is 2. The molecule has 0 atom stereocenters. The van der Waals surface area contributed by atoms with E-state index in [1.54, 1.807) is 23.1 Å². The van der Waals surface area contributed by atoms with Gasteiger partial charge >= 0.3 is 6.09 Å². The minimum absolute atomic E-state index is 0.246. The summed E-state index contributed by atoms with van der Waals surface area (Å²) in [6.45, 7) is 6.21. The Bertz CT molecular complexity index is 904. The molecular weight excluding hydrogens is 384 g/mol. The standard InChI is InChI=1S/C19H23ClN4O4/c1-19(2,3)28-18(26)24-8-7-14-12(10-24)16(23-22-14)17(25)21-11-5-6-15(27-4)13(20)9-11/h5-6,9H,7-8,10H2,1-4H3,(H,21,25)(H,22,23). The van der Waals surface area contributed by atoms with Gasteiger partial charge in [0.15, 0.2) is 5.69 Å². The highest BCUT2D eigenvalue weighted by molar-refractivity contribution is 6.32. The maximum absolute atomic E-state index is 12.7. The van der Waals surface area contributed by atoms with Gasteiger partial charge in [-0.2, -0.15) is 5.10 Å². The number of amides is 2. The first-order chi connectivity index (χ1) is 13.2. The molecule has 2 aromatic rings. The minimum atomic E-state index is -0.582. The van der Waals surface area contributed by atoms with Crippen molar-refractivity contribution >= 4 is 29.3 Å². The number of carbonyl (C=O) groups excluding carboxylic acids is 2. The molecule has 0 aliphatic carbocycles.